The van der Waals surface area contributed by atoms with Gasteiger partial charge in [0.2, 0.25) is 5.91 Å². The summed E-state index contributed by atoms with van der Waals surface area (Å²) in [6, 6.07) is 13.9. The van der Waals surface area contributed by atoms with E-state index in [0.717, 1.165) is 33.2 Å². The molecule has 1 N–H and O–H groups in total. The minimum Gasteiger partial charge on any atom is -0.310 e. The lowest BCUT2D eigenvalue weighted by Crippen LogP contribution is -2.17. The van der Waals surface area contributed by atoms with E-state index in [4.69, 9.17) is 5.10 Å². The Hall–Kier alpha value is -3.32. The standard InChI is InChI=1S/C24H25N5OS/c1-16-7-5-9-19(11-16)29-21(13-20(28-29)24(2,3)4)27-22(30)12-18-15-31-23(26-18)17-8-6-10-25-14-17/h5-11,13-15H,12H2,1-4H3,(H,27,30). The van der Waals surface area contributed by atoms with Crippen molar-refractivity contribution < 1.29 is 4.79 Å². The van der Waals surface area contributed by atoms with Crippen molar-refractivity contribution in [2.45, 2.75) is 39.5 Å². The zero-order valence-electron chi connectivity index (χ0n) is 18.1. The summed E-state index contributed by atoms with van der Waals surface area (Å²) in [5, 5.41) is 10.6. The number of rotatable bonds is 5. The molecule has 0 bridgehead atoms. The van der Waals surface area contributed by atoms with E-state index in [1.54, 1.807) is 17.1 Å². The molecule has 4 aromatic rings. The third kappa shape index (κ3) is 4.88. The molecule has 3 heterocycles. The van der Waals surface area contributed by atoms with Crippen LogP contribution in [0.2, 0.25) is 0 Å². The molecule has 0 atom stereocenters. The van der Waals surface area contributed by atoms with Crippen molar-refractivity contribution in [1.29, 1.82) is 0 Å². The summed E-state index contributed by atoms with van der Waals surface area (Å²) in [4.78, 5) is 21.6. The molecule has 0 saturated heterocycles. The first-order valence-corrected chi connectivity index (χ1v) is 11.0. The van der Waals surface area contributed by atoms with Crippen molar-refractivity contribution in [2.24, 2.45) is 0 Å². The molecule has 1 aromatic carbocycles. The number of anilines is 1. The number of thiazole rings is 1. The maximum atomic E-state index is 12.8. The SMILES string of the molecule is Cc1cccc(-n2nc(C(C)(C)C)cc2NC(=O)Cc2csc(-c3cccnc3)n2)c1. The maximum Gasteiger partial charge on any atom is 0.231 e. The quantitative estimate of drug-likeness (QED) is 0.473. The Morgan fingerprint density at radius 3 is 2.71 bits per heavy atom. The molecule has 4 rings (SSSR count). The lowest BCUT2D eigenvalue weighted by molar-refractivity contribution is -0.115. The van der Waals surface area contributed by atoms with Crippen LogP contribution in [0.5, 0.6) is 0 Å². The molecule has 0 unspecified atom stereocenters. The number of benzene rings is 1. The second-order valence-corrected chi connectivity index (χ2v) is 9.38. The number of aryl methyl sites for hydroxylation is 1. The van der Waals surface area contributed by atoms with Crippen LogP contribution in [0.4, 0.5) is 5.82 Å². The first-order chi connectivity index (χ1) is 14.8. The largest absolute Gasteiger partial charge is 0.310 e. The van der Waals surface area contributed by atoms with Gasteiger partial charge in [0.15, 0.2) is 0 Å². The molecular weight excluding hydrogens is 406 g/mol. The molecule has 0 saturated carbocycles. The van der Waals surface area contributed by atoms with Gasteiger partial charge < -0.3 is 5.32 Å². The van der Waals surface area contributed by atoms with Gasteiger partial charge in [-0.25, -0.2) is 9.67 Å². The molecule has 1 amide bonds. The molecule has 0 fully saturated rings. The number of aromatic nitrogens is 4. The fourth-order valence-corrected chi connectivity index (χ4v) is 3.97. The maximum absolute atomic E-state index is 12.8. The minimum atomic E-state index is -0.137. The summed E-state index contributed by atoms with van der Waals surface area (Å²) in [5.74, 6) is 0.528. The van der Waals surface area contributed by atoms with Crippen molar-refractivity contribution in [2.75, 3.05) is 5.32 Å². The number of carbonyl (C=O) groups is 1. The van der Waals surface area contributed by atoms with E-state index in [0.29, 0.717) is 5.82 Å². The van der Waals surface area contributed by atoms with Gasteiger partial charge in [-0.2, -0.15) is 5.10 Å². The minimum absolute atomic E-state index is 0.128. The Kier molecular flexibility index (Phi) is 5.69. The molecule has 0 spiro atoms. The first kappa shape index (κ1) is 20.9. The van der Waals surface area contributed by atoms with Crippen LogP contribution in [0.15, 0.2) is 60.2 Å². The van der Waals surface area contributed by atoms with Crippen LogP contribution < -0.4 is 5.32 Å². The van der Waals surface area contributed by atoms with Gasteiger partial charge in [0.1, 0.15) is 10.8 Å². The van der Waals surface area contributed by atoms with Gasteiger partial charge in [-0.3, -0.25) is 9.78 Å². The van der Waals surface area contributed by atoms with Crippen molar-refractivity contribution in [3.8, 4) is 16.3 Å². The van der Waals surface area contributed by atoms with Crippen molar-refractivity contribution in [3.05, 3.63) is 77.2 Å². The van der Waals surface area contributed by atoms with E-state index in [1.165, 1.54) is 11.3 Å². The van der Waals surface area contributed by atoms with Gasteiger partial charge in [-0.15, -0.1) is 11.3 Å². The molecule has 6 nitrogen and oxygen atoms in total. The zero-order valence-corrected chi connectivity index (χ0v) is 18.9. The predicted molar refractivity (Wildman–Crippen MR) is 125 cm³/mol. The van der Waals surface area contributed by atoms with E-state index in [9.17, 15) is 4.79 Å². The Morgan fingerprint density at radius 1 is 1.16 bits per heavy atom. The summed E-state index contributed by atoms with van der Waals surface area (Å²) in [6.07, 6.45) is 3.70. The summed E-state index contributed by atoms with van der Waals surface area (Å²) >= 11 is 1.51. The lowest BCUT2D eigenvalue weighted by Gasteiger charge is -2.14. The van der Waals surface area contributed by atoms with Crippen LogP contribution >= 0.6 is 11.3 Å². The average Bonchev–Trinajstić information content (AvgIpc) is 3.36. The Balaban J connectivity index is 1.56. The van der Waals surface area contributed by atoms with Crippen molar-refractivity contribution >= 4 is 23.1 Å². The molecule has 0 radical (unpaired) electrons. The molecule has 0 aliphatic rings. The molecule has 0 aliphatic heterocycles. The van der Waals surface area contributed by atoms with Gasteiger partial charge in [0, 0.05) is 34.8 Å². The number of pyridine rings is 1. The Labute approximate surface area is 186 Å². The molecular formula is C24H25N5OS. The van der Waals surface area contributed by atoms with Gasteiger partial charge >= 0.3 is 0 Å². The summed E-state index contributed by atoms with van der Waals surface area (Å²) in [5.41, 5.74) is 4.51. The Bertz CT molecular complexity index is 1200. The van der Waals surface area contributed by atoms with Gasteiger partial charge in [-0.1, -0.05) is 32.9 Å². The van der Waals surface area contributed by atoms with E-state index >= 15 is 0 Å². The second-order valence-electron chi connectivity index (χ2n) is 8.53. The third-order valence-corrected chi connectivity index (χ3v) is 5.73. The van der Waals surface area contributed by atoms with E-state index in [2.05, 4.69) is 42.1 Å². The topological polar surface area (TPSA) is 72.7 Å². The number of nitrogens with zero attached hydrogens (tertiary/aromatic N) is 4. The molecule has 7 heteroatoms. The fourth-order valence-electron chi connectivity index (χ4n) is 3.15. The van der Waals surface area contributed by atoms with Crippen molar-refractivity contribution in [1.82, 2.24) is 19.7 Å². The highest BCUT2D eigenvalue weighted by Gasteiger charge is 2.22. The Morgan fingerprint density at radius 2 is 2.00 bits per heavy atom. The molecule has 158 valence electrons. The first-order valence-electron chi connectivity index (χ1n) is 10.1. The monoisotopic (exact) mass is 431 g/mol. The third-order valence-electron chi connectivity index (χ3n) is 4.79. The van der Waals surface area contributed by atoms with Crippen LogP contribution in [0, 0.1) is 6.92 Å². The second kappa shape index (κ2) is 8.43. The summed E-state index contributed by atoms with van der Waals surface area (Å²) < 4.78 is 1.80. The van der Waals surface area contributed by atoms with Gasteiger partial charge in [0.05, 0.1) is 23.5 Å². The normalized spacial score (nSPS) is 11.5. The molecule has 31 heavy (non-hydrogen) atoms. The summed E-state index contributed by atoms with van der Waals surface area (Å²) in [7, 11) is 0. The van der Waals surface area contributed by atoms with Crippen LogP contribution in [-0.4, -0.2) is 25.7 Å². The number of nitrogens with one attached hydrogen (secondary N) is 1. The van der Waals surface area contributed by atoms with E-state index < -0.39 is 0 Å². The summed E-state index contributed by atoms with van der Waals surface area (Å²) in [6.45, 7) is 8.36. The number of hydrogen-bond donors (Lipinski definition) is 1. The van der Waals surface area contributed by atoms with Gasteiger partial charge in [-0.05, 0) is 36.8 Å². The predicted octanol–water partition coefficient (Wildman–Crippen LogP) is 5.18. The number of hydrogen-bond acceptors (Lipinski definition) is 5. The van der Waals surface area contributed by atoms with E-state index in [-0.39, 0.29) is 17.7 Å². The number of amides is 1. The lowest BCUT2D eigenvalue weighted by atomic mass is 9.92. The smallest absolute Gasteiger partial charge is 0.231 e. The average molecular weight is 432 g/mol. The van der Waals surface area contributed by atoms with Crippen LogP contribution in [0.3, 0.4) is 0 Å². The van der Waals surface area contributed by atoms with Crippen LogP contribution in [0.1, 0.15) is 37.7 Å². The molecule has 3 aromatic heterocycles. The van der Waals surface area contributed by atoms with Gasteiger partial charge in [0.25, 0.3) is 0 Å². The molecule has 0 aliphatic carbocycles. The van der Waals surface area contributed by atoms with Crippen LogP contribution in [-0.2, 0) is 16.6 Å². The fraction of sp³-hybridized carbons (Fsp3) is 0.250. The highest BCUT2D eigenvalue weighted by Crippen LogP contribution is 2.27. The number of carbonyl (C=O) groups excluding carboxylic acids is 1. The van der Waals surface area contributed by atoms with E-state index in [1.807, 2.05) is 48.7 Å². The zero-order chi connectivity index (χ0) is 22.0. The van der Waals surface area contributed by atoms with Crippen molar-refractivity contribution in [3.63, 3.8) is 0 Å². The highest BCUT2D eigenvalue weighted by molar-refractivity contribution is 7.13. The van der Waals surface area contributed by atoms with Crippen LogP contribution in [0.25, 0.3) is 16.3 Å². The highest BCUT2D eigenvalue weighted by atomic mass is 32.1.